The van der Waals surface area contributed by atoms with Gasteiger partial charge < -0.3 is 4.42 Å². The van der Waals surface area contributed by atoms with E-state index in [4.69, 9.17) is 14.4 Å². The van der Waals surface area contributed by atoms with E-state index < -0.39 is 5.41 Å². The molecule has 0 bridgehead atoms. The highest BCUT2D eigenvalue weighted by atomic mass is 16.3. The van der Waals surface area contributed by atoms with Gasteiger partial charge in [-0.05, 0) is 68.3 Å². The fourth-order valence-corrected chi connectivity index (χ4v) is 9.72. The van der Waals surface area contributed by atoms with Crippen LogP contribution < -0.4 is 0 Å². The molecule has 0 atom stereocenters. The Morgan fingerprint density at radius 2 is 0.839 bits per heavy atom. The van der Waals surface area contributed by atoms with E-state index in [9.17, 15) is 0 Å². The molecule has 2 aromatic heterocycles. The summed E-state index contributed by atoms with van der Waals surface area (Å²) in [6.07, 6.45) is 0. The second-order valence-corrected chi connectivity index (χ2v) is 16.1. The van der Waals surface area contributed by atoms with Gasteiger partial charge in [-0.3, -0.25) is 0 Å². The lowest BCUT2D eigenvalue weighted by molar-refractivity contribution is 0.670. The van der Waals surface area contributed by atoms with Crippen molar-refractivity contribution in [3.05, 3.63) is 253 Å². The molecule has 1 aliphatic carbocycles. The number of hydrogen-bond acceptors (Lipinski definition) is 3. The Kier molecular flexibility index (Phi) is 8.39. The summed E-state index contributed by atoms with van der Waals surface area (Å²) in [5.41, 5.74) is 18.2. The van der Waals surface area contributed by atoms with Gasteiger partial charge in [-0.1, -0.05) is 212 Å². The van der Waals surface area contributed by atoms with Gasteiger partial charge in [-0.15, -0.1) is 0 Å². The fourth-order valence-electron chi connectivity index (χ4n) is 9.72. The molecule has 0 radical (unpaired) electrons. The number of para-hydroxylation sites is 2. The minimum atomic E-state index is -0.455. The predicted molar refractivity (Wildman–Crippen MR) is 254 cm³/mol. The van der Waals surface area contributed by atoms with Crippen LogP contribution in [0, 0.1) is 0 Å². The number of furan rings is 1. The Hall–Kier alpha value is -8.14. The molecular weight excluding hydrogens is 753 g/mol. The molecule has 0 N–H and O–H groups in total. The number of rotatable bonds is 7. The Morgan fingerprint density at radius 1 is 0.323 bits per heavy atom. The standard InChI is InChI=1S/C59H38N2O/c1-4-15-43(16-5-1)58-60-54(42-33-29-40(30-34-42)39-27-31-41(32-28-39)47-23-14-24-50-49-22-11-13-26-56(49)62-57(47)50)38-55(61-58)44-35-36-53-51(37-44)48-21-10-12-25-52(48)59(53,45-17-6-2-7-18-45)46-19-8-3-9-20-46/h1-38H. The van der Waals surface area contributed by atoms with Crippen molar-refractivity contribution in [2.45, 2.75) is 5.41 Å². The maximum Gasteiger partial charge on any atom is 0.160 e. The first-order valence-electron chi connectivity index (χ1n) is 21.1. The average Bonchev–Trinajstić information content (AvgIpc) is 3.89. The van der Waals surface area contributed by atoms with E-state index in [0.29, 0.717) is 5.82 Å². The summed E-state index contributed by atoms with van der Waals surface area (Å²) in [5.74, 6) is 0.695. The van der Waals surface area contributed by atoms with Gasteiger partial charge in [0.05, 0.1) is 16.8 Å². The molecule has 0 saturated carbocycles. The molecule has 9 aromatic carbocycles. The van der Waals surface area contributed by atoms with Crippen LogP contribution in [0.15, 0.2) is 235 Å². The Labute approximate surface area is 360 Å². The lowest BCUT2D eigenvalue weighted by atomic mass is 9.67. The van der Waals surface area contributed by atoms with Crippen LogP contribution >= 0.6 is 0 Å². The first-order chi connectivity index (χ1) is 30.7. The minimum Gasteiger partial charge on any atom is -0.455 e. The van der Waals surface area contributed by atoms with E-state index in [1.165, 1.54) is 33.4 Å². The van der Waals surface area contributed by atoms with Crippen molar-refractivity contribution in [2.24, 2.45) is 0 Å². The van der Waals surface area contributed by atoms with Crippen molar-refractivity contribution in [3.63, 3.8) is 0 Å². The van der Waals surface area contributed by atoms with Crippen molar-refractivity contribution in [3.8, 4) is 67.3 Å². The fraction of sp³-hybridized carbons (Fsp3) is 0.0169. The molecule has 11 aromatic rings. The first kappa shape index (κ1) is 35.8. The smallest absolute Gasteiger partial charge is 0.160 e. The molecule has 2 heterocycles. The van der Waals surface area contributed by atoms with Gasteiger partial charge in [-0.25, -0.2) is 9.97 Å². The molecular formula is C59H38N2O. The Morgan fingerprint density at radius 3 is 1.55 bits per heavy atom. The van der Waals surface area contributed by atoms with Crippen LogP contribution in [0.3, 0.4) is 0 Å². The van der Waals surface area contributed by atoms with Crippen molar-refractivity contribution < 1.29 is 4.42 Å². The first-order valence-corrected chi connectivity index (χ1v) is 21.1. The molecule has 0 amide bonds. The minimum absolute atomic E-state index is 0.455. The second kappa shape index (κ2) is 14.5. The zero-order valence-electron chi connectivity index (χ0n) is 33.7. The normalized spacial score (nSPS) is 12.6. The van der Waals surface area contributed by atoms with E-state index >= 15 is 0 Å². The van der Waals surface area contributed by atoms with Crippen molar-refractivity contribution in [1.29, 1.82) is 0 Å². The van der Waals surface area contributed by atoms with E-state index in [0.717, 1.165) is 72.3 Å². The molecule has 290 valence electrons. The van der Waals surface area contributed by atoms with Gasteiger partial charge in [0.2, 0.25) is 0 Å². The van der Waals surface area contributed by atoms with Crippen LogP contribution in [-0.2, 0) is 5.41 Å². The van der Waals surface area contributed by atoms with Crippen molar-refractivity contribution >= 4 is 21.9 Å². The highest BCUT2D eigenvalue weighted by molar-refractivity contribution is 6.09. The molecule has 3 heteroatoms. The van der Waals surface area contributed by atoms with Crippen molar-refractivity contribution in [1.82, 2.24) is 9.97 Å². The summed E-state index contributed by atoms with van der Waals surface area (Å²) >= 11 is 0. The van der Waals surface area contributed by atoms with Gasteiger partial charge in [0.25, 0.3) is 0 Å². The lowest BCUT2D eigenvalue weighted by Gasteiger charge is -2.33. The Balaban J connectivity index is 0.930. The summed E-state index contributed by atoms with van der Waals surface area (Å²) in [5, 5.41) is 2.27. The van der Waals surface area contributed by atoms with E-state index in [1.54, 1.807) is 0 Å². The molecule has 0 aliphatic heterocycles. The monoisotopic (exact) mass is 790 g/mol. The van der Waals surface area contributed by atoms with Crippen LogP contribution in [-0.4, -0.2) is 9.97 Å². The highest BCUT2D eigenvalue weighted by Gasteiger charge is 2.46. The number of hydrogen-bond donors (Lipinski definition) is 0. The van der Waals surface area contributed by atoms with Gasteiger partial charge >= 0.3 is 0 Å². The third-order valence-corrected chi connectivity index (χ3v) is 12.6. The molecule has 0 saturated heterocycles. The maximum atomic E-state index is 6.35. The van der Waals surface area contributed by atoms with Gasteiger partial charge in [0.1, 0.15) is 11.2 Å². The van der Waals surface area contributed by atoms with Crippen LogP contribution in [0.1, 0.15) is 22.3 Å². The number of aromatic nitrogens is 2. The molecule has 3 nitrogen and oxygen atoms in total. The summed E-state index contributed by atoms with van der Waals surface area (Å²) in [4.78, 5) is 10.4. The highest BCUT2D eigenvalue weighted by Crippen LogP contribution is 2.56. The molecule has 1 aliphatic rings. The summed E-state index contributed by atoms with van der Waals surface area (Å²) in [6, 6.07) is 82.2. The summed E-state index contributed by atoms with van der Waals surface area (Å²) in [7, 11) is 0. The van der Waals surface area contributed by atoms with E-state index in [-0.39, 0.29) is 0 Å². The number of fused-ring (bicyclic) bond motifs is 6. The van der Waals surface area contributed by atoms with Gasteiger partial charge in [0.15, 0.2) is 5.82 Å². The average molecular weight is 791 g/mol. The predicted octanol–water partition coefficient (Wildman–Crippen LogP) is 15.1. The zero-order valence-corrected chi connectivity index (χ0v) is 33.7. The largest absolute Gasteiger partial charge is 0.455 e. The topological polar surface area (TPSA) is 38.9 Å². The molecule has 0 fully saturated rings. The van der Waals surface area contributed by atoms with Gasteiger partial charge in [0, 0.05) is 33.0 Å². The summed E-state index contributed by atoms with van der Waals surface area (Å²) in [6.45, 7) is 0. The summed E-state index contributed by atoms with van der Waals surface area (Å²) < 4.78 is 6.35. The third kappa shape index (κ3) is 5.74. The molecule has 62 heavy (non-hydrogen) atoms. The van der Waals surface area contributed by atoms with Crippen LogP contribution in [0.5, 0.6) is 0 Å². The number of nitrogens with zero attached hydrogens (tertiary/aromatic N) is 2. The van der Waals surface area contributed by atoms with Crippen LogP contribution in [0.25, 0.3) is 89.2 Å². The molecule has 12 rings (SSSR count). The second-order valence-electron chi connectivity index (χ2n) is 16.1. The van der Waals surface area contributed by atoms with E-state index in [1.807, 2.05) is 30.3 Å². The molecule has 0 unspecified atom stereocenters. The van der Waals surface area contributed by atoms with Gasteiger partial charge in [-0.2, -0.15) is 0 Å². The molecule has 0 spiro atoms. The Bertz CT molecular complexity index is 3390. The third-order valence-electron chi connectivity index (χ3n) is 12.6. The van der Waals surface area contributed by atoms with Crippen LogP contribution in [0.2, 0.25) is 0 Å². The van der Waals surface area contributed by atoms with E-state index in [2.05, 4.69) is 200 Å². The van der Waals surface area contributed by atoms with Crippen LogP contribution in [0.4, 0.5) is 0 Å². The number of benzene rings is 9. The quantitative estimate of drug-likeness (QED) is 0.161. The lowest BCUT2D eigenvalue weighted by Crippen LogP contribution is -2.28. The zero-order chi connectivity index (χ0) is 41.0. The van der Waals surface area contributed by atoms with Crippen molar-refractivity contribution in [2.75, 3.05) is 0 Å². The SMILES string of the molecule is c1ccc(-c2nc(-c3ccc(-c4ccc(-c5cccc6c5oc5ccccc56)cc4)cc3)cc(-c3ccc4c(c3)-c3ccccc3C4(c3ccccc3)c3ccccc3)n2)cc1. The maximum absolute atomic E-state index is 6.35.